The van der Waals surface area contributed by atoms with Gasteiger partial charge in [-0.05, 0) is 40.3 Å². The molecule has 2 N–H and O–H groups in total. The molecule has 98 valence electrons. The molecule has 0 aliphatic heterocycles. The van der Waals surface area contributed by atoms with Crippen molar-refractivity contribution in [2.75, 3.05) is 11.9 Å². The Kier molecular flexibility index (Phi) is 3.46. The molecule has 3 heterocycles. The summed E-state index contributed by atoms with van der Waals surface area (Å²) in [7, 11) is 0. The summed E-state index contributed by atoms with van der Waals surface area (Å²) in [6, 6.07) is 1.93. The molecule has 1 unspecified atom stereocenters. The van der Waals surface area contributed by atoms with E-state index in [1.807, 2.05) is 23.8 Å². The van der Waals surface area contributed by atoms with Crippen LogP contribution in [0.4, 0.5) is 5.82 Å². The highest BCUT2D eigenvalue weighted by molar-refractivity contribution is 7.18. The second kappa shape index (κ2) is 5.24. The lowest BCUT2D eigenvalue weighted by atomic mass is 10.2. The predicted octanol–water partition coefficient (Wildman–Crippen LogP) is 3.21. The van der Waals surface area contributed by atoms with Crippen molar-refractivity contribution in [1.82, 2.24) is 9.97 Å². The smallest absolute Gasteiger partial charge is 0.147 e. The fraction of sp³-hybridized carbons (Fsp3) is 0.231. The zero-order valence-corrected chi connectivity index (χ0v) is 12.0. The molecule has 0 radical (unpaired) electrons. The van der Waals surface area contributed by atoms with Crippen LogP contribution in [0.5, 0.6) is 0 Å². The van der Waals surface area contributed by atoms with Crippen molar-refractivity contribution in [1.29, 1.82) is 0 Å². The quantitative estimate of drug-likeness (QED) is 0.775. The van der Waals surface area contributed by atoms with E-state index in [1.165, 1.54) is 0 Å². The molecule has 0 saturated carbocycles. The van der Waals surface area contributed by atoms with E-state index in [0.29, 0.717) is 6.54 Å². The number of hydrogen-bond donors (Lipinski definition) is 2. The molecule has 3 aromatic heterocycles. The Labute approximate surface area is 118 Å². The van der Waals surface area contributed by atoms with Gasteiger partial charge in [0.05, 0.1) is 16.3 Å². The average molecular weight is 291 g/mol. The van der Waals surface area contributed by atoms with Crippen LogP contribution in [-0.2, 0) is 0 Å². The number of nitrogens with zero attached hydrogens (tertiary/aromatic N) is 2. The van der Waals surface area contributed by atoms with Crippen LogP contribution in [-0.4, -0.2) is 21.6 Å². The summed E-state index contributed by atoms with van der Waals surface area (Å²) in [6.45, 7) is 2.48. The monoisotopic (exact) mass is 291 g/mol. The normalized spacial score (nSPS) is 12.7. The molecule has 6 heteroatoms. The van der Waals surface area contributed by atoms with Gasteiger partial charge in [0.2, 0.25) is 0 Å². The molecule has 1 atom stereocenters. The molecule has 3 aromatic rings. The van der Waals surface area contributed by atoms with Gasteiger partial charge in [0.25, 0.3) is 0 Å². The van der Waals surface area contributed by atoms with Crippen LogP contribution < -0.4 is 5.32 Å². The molecule has 0 aromatic carbocycles. The van der Waals surface area contributed by atoms with Crippen molar-refractivity contribution in [3.8, 4) is 0 Å². The zero-order chi connectivity index (χ0) is 13.2. The van der Waals surface area contributed by atoms with Gasteiger partial charge in [-0.15, -0.1) is 11.3 Å². The van der Waals surface area contributed by atoms with Crippen molar-refractivity contribution >= 4 is 38.7 Å². The van der Waals surface area contributed by atoms with Crippen molar-refractivity contribution in [3.63, 3.8) is 0 Å². The largest absolute Gasteiger partial charge is 0.387 e. The Balaban J connectivity index is 1.79. The lowest BCUT2D eigenvalue weighted by Gasteiger charge is -2.11. The van der Waals surface area contributed by atoms with Crippen molar-refractivity contribution in [2.45, 2.75) is 13.0 Å². The van der Waals surface area contributed by atoms with E-state index < -0.39 is 6.10 Å². The molecular weight excluding hydrogens is 278 g/mol. The van der Waals surface area contributed by atoms with E-state index in [2.05, 4.69) is 20.7 Å². The van der Waals surface area contributed by atoms with Crippen LogP contribution in [0.15, 0.2) is 28.5 Å². The molecule has 3 rings (SSSR count). The highest BCUT2D eigenvalue weighted by Gasteiger charge is 2.11. The lowest BCUT2D eigenvalue weighted by molar-refractivity contribution is 0.192. The number of hydrogen-bond acceptors (Lipinski definition) is 6. The van der Waals surface area contributed by atoms with E-state index in [9.17, 15) is 5.11 Å². The number of aromatic nitrogens is 2. The first-order chi connectivity index (χ1) is 9.25. The van der Waals surface area contributed by atoms with Crippen LogP contribution in [0, 0.1) is 6.92 Å². The van der Waals surface area contributed by atoms with Crippen LogP contribution in [0.25, 0.3) is 10.2 Å². The van der Waals surface area contributed by atoms with Gasteiger partial charge >= 0.3 is 0 Å². The van der Waals surface area contributed by atoms with Crippen molar-refractivity contribution < 1.29 is 5.11 Å². The first-order valence-corrected chi connectivity index (χ1v) is 7.71. The van der Waals surface area contributed by atoms with Gasteiger partial charge in [-0.3, -0.25) is 0 Å². The molecule has 0 fully saturated rings. The first-order valence-electron chi connectivity index (χ1n) is 5.88. The molecule has 4 nitrogen and oxygen atoms in total. The Morgan fingerprint density at radius 3 is 3.05 bits per heavy atom. The average Bonchev–Trinajstić information content (AvgIpc) is 3.07. The number of aliphatic hydroxyl groups is 1. The molecule has 0 saturated heterocycles. The molecule has 19 heavy (non-hydrogen) atoms. The van der Waals surface area contributed by atoms with Crippen molar-refractivity contribution in [3.05, 3.63) is 39.7 Å². The third kappa shape index (κ3) is 2.47. The first kappa shape index (κ1) is 12.5. The van der Waals surface area contributed by atoms with E-state index in [-0.39, 0.29) is 0 Å². The number of fused-ring (bicyclic) bond motifs is 1. The summed E-state index contributed by atoms with van der Waals surface area (Å²) >= 11 is 3.21. The molecule has 0 aliphatic rings. The summed E-state index contributed by atoms with van der Waals surface area (Å²) in [4.78, 5) is 8.53. The van der Waals surface area contributed by atoms with E-state index in [1.54, 1.807) is 29.0 Å². The summed E-state index contributed by atoms with van der Waals surface area (Å²) < 4.78 is 1.04. The van der Waals surface area contributed by atoms with Gasteiger partial charge in [0, 0.05) is 6.54 Å². The minimum atomic E-state index is -0.516. The van der Waals surface area contributed by atoms with Crippen LogP contribution in [0.1, 0.15) is 17.2 Å². The van der Waals surface area contributed by atoms with Gasteiger partial charge in [0.15, 0.2) is 0 Å². The molecule has 0 bridgehead atoms. The van der Waals surface area contributed by atoms with Gasteiger partial charge in [-0.1, -0.05) is 0 Å². The lowest BCUT2D eigenvalue weighted by Crippen LogP contribution is -2.12. The van der Waals surface area contributed by atoms with E-state index >= 15 is 0 Å². The molecular formula is C13H13N3OS2. The Morgan fingerprint density at radius 2 is 2.26 bits per heavy atom. The fourth-order valence-electron chi connectivity index (χ4n) is 1.87. The van der Waals surface area contributed by atoms with Gasteiger partial charge in [-0.25, -0.2) is 9.97 Å². The Bertz CT molecular complexity index is 678. The maximum absolute atomic E-state index is 10.1. The number of nitrogens with one attached hydrogen (secondary N) is 1. The third-order valence-electron chi connectivity index (χ3n) is 2.92. The summed E-state index contributed by atoms with van der Waals surface area (Å²) in [5, 5.41) is 19.2. The minimum Gasteiger partial charge on any atom is -0.387 e. The number of aliphatic hydroxyl groups excluding tert-OH is 1. The molecule has 0 aliphatic carbocycles. The highest BCUT2D eigenvalue weighted by atomic mass is 32.1. The third-order valence-corrected chi connectivity index (χ3v) is 4.72. The maximum Gasteiger partial charge on any atom is 0.147 e. The minimum absolute atomic E-state index is 0.444. The van der Waals surface area contributed by atoms with Crippen LogP contribution >= 0.6 is 22.7 Å². The number of thiophene rings is 2. The standard InChI is InChI=1S/C13H13N3OS2/c1-8-5-19-12-11(8)15-7-16-13(12)14-4-10(17)9-2-3-18-6-9/h2-3,5-7,10,17H,4H2,1H3,(H,14,15,16). The highest BCUT2D eigenvalue weighted by Crippen LogP contribution is 2.28. The zero-order valence-electron chi connectivity index (χ0n) is 10.3. The van der Waals surface area contributed by atoms with Gasteiger partial charge < -0.3 is 10.4 Å². The van der Waals surface area contributed by atoms with Gasteiger partial charge in [-0.2, -0.15) is 11.3 Å². The Morgan fingerprint density at radius 1 is 1.37 bits per heavy atom. The van der Waals surface area contributed by atoms with Crippen molar-refractivity contribution in [2.24, 2.45) is 0 Å². The van der Waals surface area contributed by atoms with Crippen LogP contribution in [0.2, 0.25) is 0 Å². The number of aryl methyl sites for hydroxylation is 1. The predicted molar refractivity (Wildman–Crippen MR) is 79.9 cm³/mol. The summed E-state index contributed by atoms with van der Waals surface area (Å²) in [5.41, 5.74) is 3.07. The summed E-state index contributed by atoms with van der Waals surface area (Å²) in [6.07, 6.45) is 1.04. The second-order valence-corrected chi connectivity index (χ2v) is 5.93. The van der Waals surface area contributed by atoms with Gasteiger partial charge in [0.1, 0.15) is 12.1 Å². The maximum atomic E-state index is 10.1. The number of rotatable bonds is 4. The fourth-order valence-corrected chi connectivity index (χ4v) is 3.55. The summed E-state index contributed by atoms with van der Waals surface area (Å²) in [5.74, 6) is 0.789. The second-order valence-electron chi connectivity index (χ2n) is 4.27. The van der Waals surface area contributed by atoms with E-state index in [4.69, 9.17) is 0 Å². The van der Waals surface area contributed by atoms with E-state index in [0.717, 1.165) is 27.2 Å². The molecule has 0 amide bonds. The Hall–Kier alpha value is -1.50. The number of anilines is 1. The van der Waals surface area contributed by atoms with Crippen LogP contribution in [0.3, 0.4) is 0 Å². The molecule has 0 spiro atoms. The SMILES string of the molecule is Cc1csc2c(NCC(O)c3ccsc3)ncnc12. The topological polar surface area (TPSA) is 58.0 Å².